The average molecular weight is 172 g/mol. The number of amides is 1. The Bertz CT molecular complexity index is 259. The lowest BCUT2D eigenvalue weighted by Gasteiger charge is -1.96. The molecule has 1 N–H and O–H groups in total. The third-order valence-corrected chi connectivity index (χ3v) is 1.30. The van der Waals surface area contributed by atoms with E-state index >= 15 is 0 Å². The van der Waals surface area contributed by atoms with Crippen molar-refractivity contribution in [1.29, 1.82) is 0 Å². The van der Waals surface area contributed by atoms with Crippen LogP contribution >= 0.6 is 11.6 Å². The van der Waals surface area contributed by atoms with Gasteiger partial charge >= 0.3 is 0 Å². The van der Waals surface area contributed by atoms with Crippen molar-refractivity contribution in [3.8, 4) is 0 Å². The Morgan fingerprint density at radius 1 is 1.55 bits per heavy atom. The molecule has 11 heavy (non-hydrogen) atoms. The highest BCUT2D eigenvalue weighted by molar-refractivity contribution is 6.28. The lowest BCUT2D eigenvalue weighted by atomic mass is 10.3. The van der Waals surface area contributed by atoms with Crippen LogP contribution in [0.2, 0.25) is 5.28 Å². The van der Waals surface area contributed by atoms with Crippen LogP contribution in [0.25, 0.3) is 0 Å². The summed E-state index contributed by atoms with van der Waals surface area (Å²) in [5.41, 5.74) is 0.400. The van der Waals surface area contributed by atoms with E-state index in [2.05, 4.69) is 15.3 Å². The number of nitrogens with zero attached hydrogens (tertiary/aromatic N) is 2. The molecule has 1 rings (SSSR count). The van der Waals surface area contributed by atoms with E-state index in [0.29, 0.717) is 5.56 Å². The number of aromatic nitrogens is 2. The van der Waals surface area contributed by atoms with Crippen molar-refractivity contribution in [1.82, 2.24) is 15.3 Å². The van der Waals surface area contributed by atoms with Crippen LogP contribution in [0, 0.1) is 0 Å². The standard InChI is InChI=1S/C6H6ClN3O/c1-8-5(11)4-2-9-6(7)10-3-4/h2-3H,1H3,(H,8,11). The molecule has 0 aliphatic carbocycles. The van der Waals surface area contributed by atoms with Gasteiger partial charge in [0.1, 0.15) is 0 Å². The second-order valence-electron chi connectivity index (χ2n) is 1.82. The fourth-order valence-corrected chi connectivity index (χ4v) is 0.671. The van der Waals surface area contributed by atoms with Gasteiger partial charge in [-0.25, -0.2) is 9.97 Å². The topological polar surface area (TPSA) is 54.9 Å². The highest BCUT2D eigenvalue weighted by Gasteiger charge is 2.02. The highest BCUT2D eigenvalue weighted by Crippen LogP contribution is 1.99. The Balaban J connectivity index is 2.90. The number of carbonyl (C=O) groups excluding carboxylic acids is 1. The van der Waals surface area contributed by atoms with E-state index in [-0.39, 0.29) is 11.2 Å². The van der Waals surface area contributed by atoms with Gasteiger partial charge < -0.3 is 5.32 Å². The van der Waals surface area contributed by atoms with Gasteiger partial charge in [-0.05, 0) is 11.6 Å². The molecule has 0 aliphatic rings. The summed E-state index contributed by atoms with van der Waals surface area (Å²) >= 11 is 5.41. The van der Waals surface area contributed by atoms with Crippen molar-refractivity contribution in [3.05, 3.63) is 23.2 Å². The number of carbonyl (C=O) groups is 1. The smallest absolute Gasteiger partial charge is 0.254 e. The van der Waals surface area contributed by atoms with Crippen molar-refractivity contribution in [2.45, 2.75) is 0 Å². The van der Waals surface area contributed by atoms with E-state index in [1.165, 1.54) is 19.4 Å². The second kappa shape index (κ2) is 3.30. The zero-order valence-corrected chi connectivity index (χ0v) is 6.59. The SMILES string of the molecule is CNC(=O)c1cnc(Cl)nc1. The maximum absolute atomic E-state index is 10.9. The Labute approximate surface area is 68.6 Å². The van der Waals surface area contributed by atoms with E-state index in [0.717, 1.165) is 0 Å². The van der Waals surface area contributed by atoms with Crippen molar-refractivity contribution < 1.29 is 4.79 Å². The minimum Gasteiger partial charge on any atom is -0.355 e. The Kier molecular flexibility index (Phi) is 2.38. The summed E-state index contributed by atoms with van der Waals surface area (Å²) in [6, 6.07) is 0. The predicted molar refractivity (Wildman–Crippen MR) is 40.4 cm³/mol. The molecule has 1 aromatic heterocycles. The van der Waals surface area contributed by atoms with Crippen molar-refractivity contribution >= 4 is 17.5 Å². The monoisotopic (exact) mass is 171 g/mol. The summed E-state index contributed by atoms with van der Waals surface area (Å²) in [6.07, 6.45) is 2.74. The van der Waals surface area contributed by atoms with E-state index in [9.17, 15) is 4.79 Å². The number of hydrogen-bond acceptors (Lipinski definition) is 3. The van der Waals surface area contributed by atoms with Crippen LogP contribution in [0.15, 0.2) is 12.4 Å². The van der Waals surface area contributed by atoms with Gasteiger partial charge in [-0.2, -0.15) is 0 Å². The minimum absolute atomic E-state index is 0.137. The first-order chi connectivity index (χ1) is 5.24. The molecule has 0 unspecified atom stereocenters. The van der Waals surface area contributed by atoms with Gasteiger partial charge in [0.2, 0.25) is 5.28 Å². The fraction of sp³-hybridized carbons (Fsp3) is 0.167. The van der Waals surface area contributed by atoms with Crippen LogP contribution in [0.5, 0.6) is 0 Å². The molecule has 0 aliphatic heterocycles. The molecular formula is C6H6ClN3O. The Morgan fingerprint density at radius 2 is 2.09 bits per heavy atom. The van der Waals surface area contributed by atoms with Gasteiger partial charge in [0.05, 0.1) is 5.56 Å². The fourth-order valence-electron chi connectivity index (χ4n) is 0.574. The average Bonchev–Trinajstić information content (AvgIpc) is 2.05. The number of nitrogens with one attached hydrogen (secondary N) is 1. The number of halogens is 1. The molecular weight excluding hydrogens is 166 g/mol. The first-order valence-electron chi connectivity index (χ1n) is 2.93. The van der Waals surface area contributed by atoms with Crippen LogP contribution in [0.1, 0.15) is 10.4 Å². The molecule has 0 fully saturated rings. The lowest BCUT2D eigenvalue weighted by molar-refractivity contribution is 0.0962. The van der Waals surface area contributed by atoms with Gasteiger partial charge in [0, 0.05) is 19.4 Å². The van der Waals surface area contributed by atoms with Gasteiger partial charge in [0.15, 0.2) is 0 Å². The first-order valence-corrected chi connectivity index (χ1v) is 3.31. The summed E-state index contributed by atoms with van der Waals surface area (Å²) < 4.78 is 0. The van der Waals surface area contributed by atoms with E-state index < -0.39 is 0 Å². The molecule has 0 saturated carbocycles. The van der Waals surface area contributed by atoms with Gasteiger partial charge in [0.25, 0.3) is 5.91 Å². The van der Waals surface area contributed by atoms with Gasteiger partial charge in [-0.1, -0.05) is 0 Å². The Morgan fingerprint density at radius 3 is 2.55 bits per heavy atom. The van der Waals surface area contributed by atoms with E-state index in [1.807, 2.05) is 0 Å². The zero-order chi connectivity index (χ0) is 8.27. The van der Waals surface area contributed by atoms with Crippen LogP contribution in [-0.2, 0) is 0 Å². The quantitative estimate of drug-likeness (QED) is 0.626. The molecule has 0 saturated heterocycles. The molecule has 0 radical (unpaired) electrons. The predicted octanol–water partition coefficient (Wildman–Crippen LogP) is 0.490. The van der Waals surface area contributed by atoms with Crippen molar-refractivity contribution in [2.24, 2.45) is 0 Å². The summed E-state index contributed by atoms with van der Waals surface area (Å²) in [5.74, 6) is -0.221. The minimum atomic E-state index is -0.221. The summed E-state index contributed by atoms with van der Waals surface area (Å²) in [6.45, 7) is 0. The maximum atomic E-state index is 10.9. The van der Waals surface area contributed by atoms with E-state index in [1.54, 1.807) is 0 Å². The molecule has 0 spiro atoms. The summed E-state index contributed by atoms with van der Waals surface area (Å²) in [5, 5.41) is 2.58. The third-order valence-electron chi connectivity index (χ3n) is 1.11. The first kappa shape index (κ1) is 7.94. The van der Waals surface area contributed by atoms with E-state index in [4.69, 9.17) is 11.6 Å². The summed E-state index contributed by atoms with van der Waals surface area (Å²) in [7, 11) is 1.54. The molecule has 0 atom stereocenters. The molecule has 4 nitrogen and oxygen atoms in total. The molecule has 58 valence electrons. The van der Waals surface area contributed by atoms with Gasteiger partial charge in [-0.15, -0.1) is 0 Å². The maximum Gasteiger partial charge on any atom is 0.254 e. The zero-order valence-electron chi connectivity index (χ0n) is 5.84. The molecule has 0 bridgehead atoms. The number of hydrogen-bond donors (Lipinski definition) is 1. The molecule has 0 aromatic carbocycles. The normalized spacial score (nSPS) is 9.27. The Hall–Kier alpha value is -1.16. The van der Waals surface area contributed by atoms with Crippen LogP contribution < -0.4 is 5.32 Å². The lowest BCUT2D eigenvalue weighted by Crippen LogP contribution is -2.18. The van der Waals surface area contributed by atoms with Gasteiger partial charge in [-0.3, -0.25) is 4.79 Å². The largest absolute Gasteiger partial charge is 0.355 e. The molecule has 5 heteroatoms. The van der Waals surface area contributed by atoms with Crippen LogP contribution in [-0.4, -0.2) is 22.9 Å². The highest BCUT2D eigenvalue weighted by atomic mass is 35.5. The summed E-state index contributed by atoms with van der Waals surface area (Å²) in [4.78, 5) is 18.2. The third kappa shape index (κ3) is 1.88. The number of rotatable bonds is 1. The molecule has 1 heterocycles. The molecule has 1 amide bonds. The molecule has 1 aromatic rings. The second-order valence-corrected chi connectivity index (χ2v) is 2.16. The van der Waals surface area contributed by atoms with Crippen molar-refractivity contribution in [2.75, 3.05) is 7.05 Å². The van der Waals surface area contributed by atoms with Crippen LogP contribution in [0.3, 0.4) is 0 Å². The van der Waals surface area contributed by atoms with Crippen molar-refractivity contribution in [3.63, 3.8) is 0 Å². The van der Waals surface area contributed by atoms with Crippen LogP contribution in [0.4, 0.5) is 0 Å².